The molecule has 1 aliphatic heterocycles. The Balaban J connectivity index is 1.93. The molecule has 0 radical (unpaired) electrons. The number of benzene rings is 1. The zero-order valence-electron chi connectivity index (χ0n) is 13.3. The van der Waals surface area contributed by atoms with Gasteiger partial charge in [-0.05, 0) is 23.8 Å². The number of nitriles is 1. The van der Waals surface area contributed by atoms with Crippen molar-refractivity contribution in [2.24, 2.45) is 5.92 Å². The Morgan fingerprint density at radius 1 is 1.28 bits per heavy atom. The van der Waals surface area contributed by atoms with Crippen molar-refractivity contribution in [3.8, 4) is 6.07 Å². The molecule has 1 fully saturated rings. The number of methoxy groups -OCH3 is 1. The van der Waals surface area contributed by atoms with E-state index in [4.69, 9.17) is 10.00 Å². The first kappa shape index (κ1) is 16.8. The van der Waals surface area contributed by atoms with Crippen LogP contribution in [0.2, 0.25) is 0 Å². The van der Waals surface area contributed by atoms with E-state index in [1.54, 1.807) is 11.0 Å². The molecular formula is C17H14F2N4O2. The molecule has 0 bridgehead atoms. The zero-order chi connectivity index (χ0) is 18.0. The smallest absolute Gasteiger partial charge is 0.311 e. The molecule has 0 saturated carbocycles. The second-order valence-corrected chi connectivity index (χ2v) is 5.70. The molecule has 1 saturated heterocycles. The van der Waals surface area contributed by atoms with E-state index in [-0.39, 0.29) is 17.8 Å². The summed E-state index contributed by atoms with van der Waals surface area (Å²) in [6.07, 6.45) is 0. The van der Waals surface area contributed by atoms with Gasteiger partial charge in [-0.2, -0.15) is 5.26 Å². The highest BCUT2D eigenvalue weighted by Crippen LogP contribution is 2.36. The van der Waals surface area contributed by atoms with Crippen LogP contribution in [0, 0.1) is 28.9 Å². The number of halogens is 2. The van der Waals surface area contributed by atoms with Crippen molar-refractivity contribution in [2.75, 3.05) is 25.1 Å². The zero-order valence-corrected chi connectivity index (χ0v) is 13.3. The van der Waals surface area contributed by atoms with Crippen LogP contribution in [-0.2, 0) is 9.53 Å². The molecule has 2 aromatic rings. The van der Waals surface area contributed by atoms with Crippen molar-refractivity contribution in [3.05, 3.63) is 53.2 Å². The minimum atomic E-state index is -0.702. The topological polar surface area (TPSA) is 79.1 Å². The molecule has 0 spiro atoms. The Kier molecular flexibility index (Phi) is 4.57. The van der Waals surface area contributed by atoms with Gasteiger partial charge in [0.15, 0.2) is 11.5 Å². The molecule has 0 amide bonds. The molecule has 2 heterocycles. The SMILES string of the molecule is COC(=O)C1CN(c2ccc(C#N)nn2)C[C@H]1c1ccc(F)cc1F. The van der Waals surface area contributed by atoms with Crippen LogP contribution in [-0.4, -0.2) is 36.4 Å². The molecule has 0 aliphatic carbocycles. The van der Waals surface area contributed by atoms with Crippen molar-refractivity contribution in [3.63, 3.8) is 0 Å². The van der Waals surface area contributed by atoms with E-state index in [0.29, 0.717) is 12.4 Å². The van der Waals surface area contributed by atoms with E-state index in [9.17, 15) is 13.6 Å². The summed E-state index contributed by atoms with van der Waals surface area (Å²) < 4.78 is 32.2. The third kappa shape index (κ3) is 3.26. The summed E-state index contributed by atoms with van der Waals surface area (Å²) in [7, 11) is 1.27. The highest BCUT2D eigenvalue weighted by Gasteiger charge is 2.41. The van der Waals surface area contributed by atoms with E-state index in [1.807, 2.05) is 6.07 Å². The van der Waals surface area contributed by atoms with Crippen LogP contribution < -0.4 is 4.90 Å². The average molecular weight is 344 g/mol. The van der Waals surface area contributed by atoms with E-state index < -0.39 is 29.4 Å². The molecule has 1 aromatic heterocycles. The first-order chi connectivity index (χ1) is 12.0. The van der Waals surface area contributed by atoms with Crippen molar-refractivity contribution in [1.82, 2.24) is 10.2 Å². The van der Waals surface area contributed by atoms with Crippen LogP contribution in [0.4, 0.5) is 14.6 Å². The third-order valence-corrected chi connectivity index (χ3v) is 4.27. The number of nitrogens with zero attached hydrogens (tertiary/aromatic N) is 4. The van der Waals surface area contributed by atoms with Crippen LogP contribution >= 0.6 is 0 Å². The van der Waals surface area contributed by atoms with E-state index in [0.717, 1.165) is 12.1 Å². The van der Waals surface area contributed by atoms with Gasteiger partial charge in [-0.25, -0.2) is 8.78 Å². The first-order valence-corrected chi connectivity index (χ1v) is 7.55. The Hall–Kier alpha value is -3.08. The quantitative estimate of drug-likeness (QED) is 0.793. The van der Waals surface area contributed by atoms with Gasteiger partial charge in [-0.15, -0.1) is 10.2 Å². The molecule has 128 valence electrons. The van der Waals surface area contributed by atoms with Crippen LogP contribution in [0.5, 0.6) is 0 Å². The van der Waals surface area contributed by atoms with Gasteiger partial charge in [0.25, 0.3) is 0 Å². The fourth-order valence-electron chi connectivity index (χ4n) is 3.05. The lowest BCUT2D eigenvalue weighted by Gasteiger charge is -2.17. The second kappa shape index (κ2) is 6.81. The molecule has 0 N–H and O–H groups in total. The monoisotopic (exact) mass is 344 g/mol. The molecule has 6 nitrogen and oxygen atoms in total. The Bertz CT molecular complexity index is 836. The Morgan fingerprint density at radius 3 is 2.68 bits per heavy atom. The van der Waals surface area contributed by atoms with Gasteiger partial charge in [-0.3, -0.25) is 4.79 Å². The second-order valence-electron chi connectivity index (χ2n) is 5.70. The highest BCUT2D eigenvalue weighted by molar-refractivity contribution is 5.75. The maximum absolute atomic E-state index is 14.2. The molecular weight excluding hydrogens is 330 g/mol. The van der Waals surface area contributed by atoms with Gasteiger partial charge in [0.1, 0.15) is 17.7 Å². The van der Waals surface area contributed by atoms with Gasteiger partial charge >= 0.3 is 5.97 Å². The van der Waals surface area contributed by atoms with Gasteiger partial charge in [0, 0.05) is 25.1 Å². The van der Waals surface area contributed by atoms with Crippen LogP contribution in [0.3, 0.4) is 0 Å². The number of rotatable bonds is 3. The number of aromatic nitrogens is 2. The average Bonchev–Trinajstić information content (AvgIpc) is 3.06. The summed E-state index contributed by atoms with van der Waals surface area (Å²) in [4.78, 5) is 13.9. The predicted molar refractivity (Wildman–Crippen MR) is 83.6 cm³/mol. The number of carbonyl (C=O) groups is 1. The summed E-state index contributed by atoms with van der Waals surface area (Å²) in [5.41, 5.74) is 0.425. The molecule has 8 heteroatoms. The first-order valence-electron chi connectivity index (χ1n) is 7.55. The van der Waals surface area contributed by atoms with Gasteiger partial charge in [0.05, 0.1) is 13.0 Å². The number of esters is 1. The molecule has 25 heavy (non-hydrogen) atoms. The summed E-state index contributed by atoms with van der Waals surface area (Å²) in [5.74, 6) is -2.51. The third-order valence-electron chi connectivity index (χ3n) is 4.27. The van der Waals surface area contributed by atoms with Crippen LogP contribution in [0.1, 0.15) is 17.2 Å². The maximum Gasteiger partial charge on any atom is 0.311 e. The minimum absolute atomic E-state index is 0.175. The van der Waals surface area contributed by atoms with Gasteiger partial charge in [-0.1, -0.05) is 6.07 Å². The van der Waals surface area contributed by atoms with Gasteiger partial charge in [0.2, 0.25) is 0 Å². The summed E-state index contributed by atoms with van der Waals surface area (Å²) in [6, 6.07) is 8.32. The van der Waals surface area contributed by atoms with E-state index in [1.165, 1.54) is 19.2 Å². The fourth-order valence-corrected chi connectivity index (χ4v) is 3.05. The molecule has 1 aliphatic rings. The molecule has 2 atom stereocenters. The predicted octanol–water partition coefficient (Wildman–Crippen LogP) is 2.02. The number of ether oxygens (including phenoxy) is 1. The Morgan fingerprint density at radius 2 is 2.08 bits per heavy atom. The standard InChI is InChI=1S/C17H14F2N4O2/c1-25-17(24)14-9-23(16-5-3-11(7-20)21-22-16)8-13(14)12-4-2-10(18)6-15(12)19/h2-6,13-14H,8-9H2,1H3/t13-,14?/m0/s1. The van der Waals surface area contributed by atoms with Crippen molar-refractivity contribution in [1.29, 1.82) is 5.26 Å². The lowest BCUT2D eigenvalue weighted by Crippen LogP contribution is -2.25. The molecule has 1 aromatic carbocycles. The number of anilines is 1. The summed E-state index contributed by atoms with van der Waals surface area (Å²) in [6.45, 7) is 0.553. The van der Waals surface area contributed by atoms with E-state index >= 15 is 0 Å². The fraction of sp³-hybridized carbons (Fsp3) is 0.294. The number of carbonyl (C=O) groups excluding carboxylic acids is 1. The van der Waals surface area contributed by atoms with Crippen molar-refractivity contribution in [2.45, 2.75) is 5.92 Å². The molecule has 1 unspecified atom stereocenters. The molecule has 3 rings (SSSR count). The lowest BCUT2D eigenvalue weighted by molar-refractivity contribution is -0.145. The van der Waals surface area contributed by atoms with Gasteiger partial charge < -0.3 is 9.64 Å². The van der Waals surface area contributed by atoms with Crippen LogP contribution in [0.15, 0.2) is 30.3 Å². The van der Waals surface area contributed by atoms with E-state index in [2.05, 4.69) is 10.2 Å². The number of hydrogen-bond acceptors (Lipinski definition) is 6. The minimum Gasteiger partial charge on any atom is -0.469 e. The highest BCUT2D eigenvalue weighted by atomic mass is 19.1. The number of hydrogen-bond donors (Lipinski definition) is 0. The van der Waals surface area contributed by atoms with Crippen molar-refractivity contribution < 1.29 is 18.3 Å². The van der Waals surface area contributed by atoms with Crippen LogP contribution in [0.25, 0.3) is 0 Å². The Labute approximate surface area is 142 Å². The largest absolute Gasteiger partial charge is 0.469 e. The lowest BCUT2D eigenvalue weighted by atomic mass is 9.88. The summed E-state index contributed by atoms with van der Waals surface area (Å²) >= 11 is 0. The normalized spacial score (nSPS) is 19.5. The maximum atomic E-state index is 14.2. The van der Waals surface area contributed by atoms with Crippen molar-refractivity contribution >= 4 is 11.8 Å². The summed E-state index contributed by atoms with van der Waals surface area (Å²) in [5, 5.41) is 16.5.